The van der Waals surface area contributed by atoms with E-state index in [1.807, 2.05) is 0 Å². The summed E-state index contributed by atoms with van der Waals surface area (Å²) < 4.78 is 0. The molecule has 0 N–H and O–H groups in total. The standard InChI is InChI=1S/C8H15/c1-3-5-7-8-6-4-2/h3-5H,6-8H2,1-2H3/b5-3+. The smallest absolute Gasteiger partial charge is 0.0351 e. The summed E-state index contributed by atoms with van der Waals surface area (Å²) in [5, 5.41) is 0. The van der Waals surface area contributed by atoms with Gasteiger partial charge in [0.1, 0.15) is 0 Å². The first-order valence-electron chi connectivity index (χ1n) is 3.30. The van der Waals surface area contributed by atoms with Crippen LogP contribution in [0.2, 0.25) is 0 Å². The molecule has 0 saturated heterocycles. The lowest BCUT2D eigenvalue weighted by atomic mass is 10.2. The molecule has 0 nitrogen and oxygen atoms in total. The highest BCUT2D eigenvalue weighted by molar-refractivity contribution is 4.76. The van der Waals surface area contributed by atoms with Gasteiger partial charge in [0, 0.05) is 0 Å². The van der Waals surface area contributed by atoms with Gasteiger partial charge < -0.3 is 0 Å². The average molecular weight is 111 g/mol. The fourth-order valence-corrected chi connectivity index (χ4v) is 0.606. The van der Waals surface area contributed by atoms with Crippen molar-refractivity contribution in [3.05, 3.63) is 18.6 Å². The number of unbranched alkanes of at least 4 members (excludes halogenated alkanes) is 3. The van der Waals surface area contributed by atoms with Crippen LogP contribution in [0.4, 0.5) is 0 Å². The molecule has 47 valence electrons. The van der Waals surface area contributed by atoms with Crippen LogP contribution in [-0.4, -0.2) is 0 Å². The fraction of sp³-hybridized carbons (Fsp3) is 0.625. The third-order valence-corrected chi connectivity index (χ3v) is 1.10. The molecule has 0 aliphatic rings. The summed E-state index contributed by atoms with van der Waals surface area (Å²) >= 11 is 0. The largest absolute Gasteiger partial charge is 0.0917 e. The monoisotopic (exact) mass is 111 g/mol. The Morgan fingerprint density at radius 1 is 1.12 bits per heavy atom. The second-order valence-electron chi connectivity index (χ2n) is 1.91. The SMILES string of the molecule is C[CH]CCC/C=C/C. The Labute approximate surface area is 52.6 Å². The zero-order chi connectivity index (χ0) is 6.24. The second-order valence-corrected chi connectivity index (χ2v) is 1.91. The molecule has 0 spiro atoms. The molecule has 0 atom stereocenters. The lowest BCUT2D eigenvalue weighted by molar-refractivity contribution is 0.827. The van der Waals surface area contributed by atoms with Crippen LogP contribution >= 0.6 is 0 Å². The first-order valence-corrected chi connectivity index (χ1v) is 3.30. The Kier molecular flexibility index (Phi) is 6.52. The van der Waals surface area contributed by atoms with Crippen LogP contribution in [0.15, 0.2) is 12.2 Å². The van der Waals surface area contributed by atoms with Crippen molar-refractivity contribution in [2.24, 2.45) is 0 Å². The van der Waals surface area contributed by atoms with Crippen LogP contribution < -0.4 is 0 Å². The highest BCUT2D eigenvalue weighted by Crippen LogP contribution is 1.97. The molecule has 0 unspecified atom stereocenters. The maximum absolute atomic E-state index is 2.21. The molecular weight excluding hydrogens is 96.1 g/mol. The Balaban J connectivity index is 2.72. The number of hydrogen-bond donors (Lipinski definition) is 0. The van der Waals surface area contributed by atoms with Crippen molar-refractivity contribution in [3.8, 4) is 0 Å². The Morgan fingerprint density at radius 2 is 1.88 bits per heavy atom. The third kappa shape index (κ3) is 5.74. The fourth-order valence-electron chi connectivity index (χ4n) is 0.606. The molecule has 0 rings (SSSR count). The predicted octanol–water partition coefficient (Wildman–Crippen LogP) is 2.96. The molecular formula is C8H15. The minimum absolute atomic E-state index is 1.24. The van der Waals surface area contributed by atoms with E-state index in [4.69, 9.17) is 0 Å². The summed E-state index contributed by atoms with van der Waals surface area (Å²) in [6, 6.07) is 0. The molecule has 0 saturated carbocycles. The first-order chi connectivity index (χ1) is 3.91. The molecule has 0 fully saturated rings. The molecule has 0 bridgehead atoms. The highest BCUT2D eigenvalue weighted by Gasteiger charge is 1.78. The summed E-state index contributed by atoms with van der Waals surface area (Å²) in [6.07, 6.45) is 10.3. The van der Waals surface area contributed by atoms with Gasteiger partial charge >= 0.3 is 0 Å². The zero-order valence-electron chi connectivity index (χ0n) is 5.85. The molecule has 0 heteroatoms. The maximum atomic E-state index is 2.21. The van der Waals surface area contributed by atoms with E-state index in [1.54, 1.807) is 0 Å². The third-order valence-electron chi connectivity index (χ3n) is 1.10. The van der Waals surface area contributed by atoms with E-state index in [0.717, 1.165) is 0 Å². The van der Waals surface area contributed by atoms with Gasteiger partial charge in [-0.2, -0.15) is 0 Å². The van der Waals surface area contributed by atoms with Crippen molar-refractivity contribution in [1.82, 2.24) is 0 Å². The van der Waals surface area contributed by atoms with Crippen molar-refractivity contribution in [2.45, 2.75) is 33.1 Å². The topological polar surface area (TPSA) is 0 Å². The summed E-state index contributed by atoms with van der Waals surface area (Å²) in [7, 11) is 0. The van der Waals surface area contributed by atoms with E-state index in [1.165, 1.54) is 19.3 Å². The predicted molar refractivity (Wildman–Crippen MR) is 38.6 cm³/mol. The van der Waals surface area contributed by atoms with Crippen LogP contribution in [0.3, 0.4) is 0 Å². The van der Waals surface area contributed by atoms with Crippen molar-refractivity contribution in [1.29, 1.82) is 0 Å². The summed E-state index contributed by atoms with van der Waals surface area (Å²) in [5.74, 6) is 0. The van der Waals surface area contributed by atoms with E-state index in [0.29, 0.717) is 0 Å². The van der Waals surface area contributed by atoms with Gasteiger partial charge in [0.15, 0.2) is 0 Å². The number of allylic oxidation sites excluding steroid dienone is 2. The molecule has 0 aromatic rings. The van der Waals surface area contributed by atoms with Crippen LogP contribution in [0, 0.1) is 6.42 Å². The van der Waals surface area contributed by atoms with Gasteiger partial charge in [0.2, 0.25) is 0 Å². The Morgan fingerprint density at radius 3 is 2.38 bits per heavy atom. The number of rotatable bonds is 4. The van der Waals surface area contributed by atoms with Gasteiger partial charge in [0.25, 0.3) is 0 Å². The Bertz CT molecular complexity index is 53.1. The van der Waals surface area contributed by atoms with E-state index >= 15 is 0 Å². The van der Waals surface area contributed by atoms with E-state index in [-0.39, 0.29) is 0 Å². The van der Waals surface area contributed by atoms with Gasteiger partial charge in [-0.3, -0.25) is 0 Å². The number of hydrogen-bond acceptors (Lipinski definition) is 0. The van der Waals surface area contributed by atoms with Gasteiger partial charge in [-0.25, -0.2) is 0 Å². The summed E-state index contributed by atoms with van der Waals surface area (Å²) in [4.78, 5) is 0. The summed E-state index contributed by atoms with van der Waals surface area (Å²) in [5.41, 5.74) is 0. The second kappa shape index (κ2) is 6.74. The Hall–Kier alpha value is -0.260. The molecule has 0 aliphatic carbocycles. The minimum atomic E-state index is 1.24. The normalized spacial score (nSPS) is 10.8. The molecule has 0 aromatic heterocycles. The van der Waals surface area contributed by atoms with Crippen molar-refractivity contribution in [2.75, 3.05) is 0 Å². The van der Waals surface area contributed by atoms with E-state index in [2.05, 4.69) is 32.4 Å². The minimum Gasteiger partial charge on any atom is -0.0917 e. The molecule has 0 aromatic carbocycles. The highest BCUT2D eigenvalue weighted by atomic mass is 13.8. The van der Waals surface area contributed by atoms with E-state index in [9.17, 15) is 0 Å². The molecule has 0 amide bonds. The van der Waals surface area contributed by atoms with Crippen LogP contribution in [0.5, 0.6) is 0 Å². The van der Waals surface area contributed by atoms with Crippen LogP contribution in [-0.2, 0) is 0 Å². The molecule has 0 aliphatic heterocycles. The molecule has 1 radical (unpaired) electrons. The molecule has 8 heavy (non-hydrogen) atoms. The quantitative estimate of drug-likeness (QED) is 0.386. The average Bonchev–Trinajstić information content (AvgIpc) is 1.81. The van der Waals surface area contributed by atoms with Gasteiger partial charge in [-0.1, -0.05) is 25.5 Å². The van der Waals surface area contributed by atoms with Crippen molar-refractivity contribution >= 4 is 0 Å². The van der Waals surface area contributed by atoms with Gasteiger partial charge in [-0.05, 0) is 26.2 Å². The van der Waals surface area contributed by atoms with Crippen LogP contribution in [0.25, 0.3) is 0 Å². The first kappa shape index (κ1) is 7.74. The van der Waals surface area contributed by atoms with Crippen molar-refractivity contribution in [3.63, 3.8) is 0 Å². The summed E-state index contributed by atoms with van der Waals surface area (Å²) in [6.45, 7) is 4.17. The van der Waals surface area contributed by atoms with Gasteiger partial charge in [0.05, 0.1) is 0 Å². The lowest BCUT2D eigenvalue weighted by Crippen LogP contribution is -1.69. The lowest BCUT2D eigenvalue weighted by Gasteiger charge is -1.88. The molecule has 0 heterocycles. The van der Waals surface area contributed by atoms with E-state index < -0.39 is 0 Å². The zero-order valence-corrected chi connectivity index (χ0v) is 5.85. The van der Waals surface area contributed by atoms with Crippen molar-refractivity contribution < 1.29 is 0 Å². The van der Waals surface area contributed by atoms with Crippen LogP contribution in [0.1, 0.15) is 33.1 Å². The maximum Gasteiger partial charge on any atom is -0.0351 e. The van der Waals surface area contributed by atoms with Gasteiger partial charge in [-0.15, -0.1) is 0 Å².